The van der Waals surface area contributed by atoms with E-state index < -0.39 is 17.9 Å². The molecule has 0 aliphatic carbocycles. The Bertz CT molecular complexity index is 417. The molecule has 0 aromatic carbocycles. The molecule has 0 aliphatic heterocycles. The molecule has 1 aromatic heterocycles. The van der Waals surface area contributed by atoms with E-state index in [-0.39, 0.29) is 17.4 Å². The monoisotopic (exact) mass is 275 g/mol. The van der Waals surface area contributed by atoms with Crippen LogP contribution in [0, 0.1) is 0 Å². The topological polar surface area (TPSA) is 88.8 Å². The standard InChI is InChI=1S/C11H14ClNO5/c1-17-6-2-3-7(11(15)16)13-10(14)8-4-5-9(12)18-8/h4-5,7H,2-3,6H2,1H3,(H,13,14)(H,15,16). The summed E-state index contributed by atoms with van der Waals surface area (Å²) >= 11 is 5.53. The number of aliphatic carboxylic acids is 1. The number of amides is 1. The van der Waals surface area contributed by atoms with Crippen LogP contribution in [0.2, 0.25) is 5.22 Å². The number of nitrogens with one attached hydrogen (secondary N) is 1. The molecular weight excluding hydrogens is 262 g/mol. The minimum absolute atomic E-state index is 0.0157. The largest absolute Gasteiger partial charge is 0.480 e. The van der Waals surface area contributed by atoms with E-state index in [4.69, 9.17) is 25.9 Å². The molecule has 18 heavy (non-hydrogen) atoms. The van der Waals surface area contributed by atoms with Gasteiger partial charge in [0, 0.05) is 13.7 Å². The van der Waals surface area contributed by atoms with Crippen molar-refractivity contribution in [3.8, 4) is 0 Å². The van der Waals surface area contributed by atoms with Crippen LogP contribution in [0.15, 0.2) is 16.5 Å². The maximum atomic E-state index is 11.6. The molecule has 100 valence electrons. The van der Waals surface area contributed by atoms with Crippen LogP contribution in [0.3, 0.4) is 0 Å². The summed E-state index contributed by atoms with van der Waals surface area (Å²) in [5.41, 5.74) is 0. The second-order valence-electron chi connectivity index (χ2n) is 3.60. The molecule has 0 bridgehead atoms. The zero-order valence-corrected chi connectivity index (χ0v) is 10.6. The average Bonchev–Trinajstić information content (AvgIpc) is 2.74. The van der Waals surface area contributed by atoms with Gasteiger partial charge in [-0.25, -0.2) is 4.79 Å². The third-order valence-electron chi connectivity index (χ3n) is 2.24. The van der Waals surface area contributed by atoms with Gasteiger partial charge in [0.05, 0.1) is 0 Å². The van der Waals surface area contributed by atoms with Crippen molar-refractivity contribution in [2.45, 2.75) is 18.9 Å². The smallest absolute Gasteiger partial charge is 0.326 e. The molecule has 1 rings (SSSR count). The summed E-state index contributed by atoms with van der Waals surface area (Å²) < 4.78 is 9.71. The normalized spacial score (nSPS) is 12.1. The zero-order chi connectivity index (χ0) is 13.5. The van der Waals surface area contributed by atoms with Gasteiger partial charge in [0.15, 0.2) is 11.0 Å². The molecule has 1 unspecified atom stereocenters. The van der Waals surface area contributed by atoms with Crippen molar-refractivity contribution < 1.29 is 23.8 Å². The number of halogens is 1. The number of carbonyl (C=O) groups excluding carboxylic acids is 1. The molecule has 7 heteroatoms. The number of furan rings is 1. The minimum Gasteiger partial charge on any atom is -0.480 e. The molecule has 1 atom stereocenters. The van der Waals surface area contributed by atoms with Gasteiger partial charge in [0.1, 0.15) is 6.04 Å². The van der Waals surface area contributed by atoms with E-state index in [1.165, 1.54) is 19.2 Å². The van der Waals surface area contributed by atoms with Gasteiger partial charge >= 0.3 is 5.97 Å². The molecule has 6 nitrogen and oxygen atoms in total. The second-order valence-corrected chi connectivity index (χ2v) is 3.98. The number of hydrogen-bond acceptors (Lipinski definition) is 4. The fraction of sp³-hybridized carbons (Fsp3) is 0.455. The first-order valence-corrected chi connectivity index (χ1v) is 5.70. The van der Waals surface area contributed by atoms with Gasteiger partial charge in [-0.2, -0.15) is 0 Å². The van der Waals surface area contributed by atoms with E-state index in [1.54, 1.807) is 0 Å². The Hall–Kier alpha value is -1.53. The highest BCUT2D eigenvalue weighted by Crippen LogP contribution is 2.13. The van der Waals surface area contributed by atoms with Crippen molar-refractivity contribution in [3.63, 3.8) is 0 Å². The summed E-state index contributed by atoms with van der Waals surface area (Å²) in [7, 11) is 1.53. The first-order chi connectivity index (χ1) is 8.54. The Morgan fingerprint density at radius 3 is 2.78 bits per heavy atom. The number of rotatable bonds is 7. The third-order valence-corrected chi connectivity index (χ3v) is 2.44. The van der Waals surface area contributed by atoms with Crippen LogP contribution in [-0.4, -0.2) is 36.7 Å². The zero-order valence-electron chi connectivity index (χ0n) is 9.81. The Morgan fingerprint density at radius 2 is 2.28 bits per heavy atom. The van der Waals surface area contributed by atoms with Gasteiger partial charge in [0.25, 0.3) is 5.91 Å². The number of carbonyl (C=O) groups is 2. The van der Waals surface area contributed by atoms with Crippen molar-refractivity contribution in [2.75, 3.05) is 13.7 Å². The number of carboxylic acids is 1. The van der Waals surface area contributed by atoms with Crippen molar-refractivity contribution in [1.29, 1.82) is 0 Å². The van der Waals surface area contributed by atoms with Crippen LogP contribution in [0.4, 0.5) is 0 Å². The van der Waals surface area contributed by atoms with Crippen LogP contribution in [0.1, 0.15) is 23.4 Å². The molecule has 0 saturated carbocycles. The fourth-order valence-electron chi connectivity index (χ4n) is 1.35. The molecule has 0 radical (unpaired) electrons. The summed E-state index contributed by atoms with van der Waals surface area (Å²) in [4.78, 5) is 22.6. The Balaban J connectivity index is 2.55. The van der Waals surface area contributed by atoms with Gasteiger partial charge in [-0.3, -0.25) is 4.79 Å². The first kappa shape index (κ1) is 14.5. The van der Waals surface area contributed by atoms with Gasteiger partial charge in [-0.15, -0.1) is 0 Å². The lowest BCUT2D eigenvalue weighted by molar-refractivity contribution is -0.139. The van der Waals surface area contributed by atoms with Gasteiger partial charge < -0.3 is 19.6 Å². The Labute approximate surface area is 109 Å². The Kier molecular flexibility index (Phi) is 5.67. The maximum absolute atomic E-state index is 11.6. The third kappa shape index (κ3) is 4.38. The van der Waals surface area contributed by atoms with E-state index in [1.807, 2.05) is 0 Å². The summed E-state index contributed by atoms with van der Waals surface area (Å²) in [6.45, 7) is 0.437. The lowest BCUT2D eigenvalue weighted by atomic mass is 10.1. The molecule has 2 N–H and O–H groups in total. The number of ether oxygens (including phenoxy) is 1. The maximum Gasteiger partial charge on any atom is 0.326 e. The number of carboxylic acid groups (broad SMARTS) is 1. The predicted molar refractivity (Wildman–Crippen MR) is 63.7 cm³/mol. The molecule has 1 amide bonds. The highest BCUT2D eigenvalue weighted by Gasteiger charge is 2.21. The van der Waals surface area contributed by atoms with Crippen LogP contribution >= 0.6 is 11.6 Å². The number of methoxy groups -OCH3 is 1. The molecule has 0 saturated heterocycles. The van der Waals surface area contributed by atoms with Crippen LogP contribution < -0.4 is 5.32 Å². The molecule has 0 fully saturated rings. The van der Waals surface area contributed by atoms with Crippen molar-refractivity contribution in [1.82, 2.24) is 5.32 Å². The summed E-state index contributed by atoms with van der Waals surface area (Å²) in [5.74, 6) is -1.72. The Morgan fingerprint density at radius 1 is 1.56 bits per heavy atom. The molecular formula is C11H14ClNO5. The lowest BCUT2D eigenvalue weighted by Gasteiger charge is -2.13. The SMILES string of the molecule is COCCCC(NC(=O)c1ccc(Cl)o1)C(=O)O. The fourth-order valence-corrected chi connectivity index (χ4v) is 1.50. The van der Waals surface area contributed by atoms with Crippen LogP contribution in [0.5, 0.6) is 0 Å². The van der Waals surface area contributed by atoms with E-state index >= 15 is 0 Å². The summed E-state index contributed by atoms with van der Waals surface area (Å²) in [6, 6.07) is 1.82. The van der Waals surface area contributed by atoms with Crippen LogP contribution in [-0.2, 0) is 9.53 Å². The molecule has 0 spiro atoms. The highest BCUT2D eigenvalue weighted by atomic mass is 35.5. The first-order valence-electron chi connectivity index (χ1n) is 5.32. The van der Waals surface area contributed by atoms with E-state index in [9.17, 15) is 9.59 Å². The summed E-state index contributed by atoms with van der Waals surface area (Å²) in [5, 5.41) is 11.4. The molecule has 0 aliphatic rings. The molecule has 1 aromatic rings. The van der Waals surface area contributed by atoms with Crippen molar-refractivity contribution in [2.24, 2.45) is 0 Å². The highest BCUT2D eigenvalue weighted by molar-refractivity contribution is 6.29. The van der Waals surface area contributed by atoms with Gasteiger partial charge in [0.2, 0.25) is 0 Å². The minimum atomic E-state index is -1.10. The second kappa shape index (κ2) is 7.03. The molecule has 1 heterocycles. The van der Waals surface area contributed by atoms with Crippen molar-refractivity contribution in [3.05, 3.63) is 23.1 Å². The van der Waals surface area contributed by atoms with E-state index in [2.05, 4.69) is 5.32 Å². The van der Waals surface area contributed by atoms with Gasteiger partial charge in [-0.05, 0) is 36.6 Å². The predicted octanol–water partition coefficient (Wildman–Crippen LogP) is 1.54. The van der Waals surface area contributed by atoms with Crippen LogP contribution in [0.25, 0.3) is 0 Å². The van der Waals surface area contributed by atoms with E-state index in [0.29, 0.717) is 13.0 Å². The van der Waals surface area contributed by atoms with Gasteiger partial charge in [-0.1, -0.05) is 0 Å². The quantitative estimate of drug-likeness (QED) is 0.737. The number of hydrogen-bond donors (Lipinski definition) is 2. The summed E-state index contributed by atoms with van der Waals surface area (Å²) in [6.07, 6.45) is 0.815. The average molecular weight is 276 g/mol. The van der Waals surface area contributed by atoms with E-state index in [0.717, 1.165) is 0 Å². The van der Waals surface area contributed by atoms with Crippen molar-refractivity contribution >= 4 is 23.5 Å². The lowest BCUT2D eigenvalue weighted by Crippen LogP contribution is -2.40.